The number of carbonyl (C=O) groups is 1. The van der Waals surface area contributed by atoms with Gasteiger partial charge in [-0.1, -0.05) is 11.6 Å². The summed E-state index contributed by atoms with van der Waals surface area (Å²) in [7, 11) is 0. The Labute approximate surface area is 139 Å². The molecular weight excluding hydrogens is 342 g/mol. The zero-order valence-electron chi connectivity index (χ0n) is 12.3. The highest BCUT2D eigenvalue weighted by Crippen LogP contribution is 2.30. The summed E-state index contributed by atoms with van der Waals surface area (Å²) in [6.07, 6.45) is -4.29. The van der Waals surface area contributed by atoms with E-state index >= 15 is 0 Å². The number of aliphatic carboxylic acids is 1. The van der Waals surface area contributed by atoms with Crippen LogP contribution in [-0.2, 0) is 4.79 Å². The number of aryl methyl sites for hydroxylation is 1. The summed E-state index contributed by atoms with van der Waals surface area (Å²) in [4.78, 5) is 17.9. The SMILES string of the molecule is Cc1cc(-c2nc3ccc(Cl)cc3[nH]2)ccc1OC(F)(F)C(=O)O. The normalized spacial score (nSPS) is 11.7. The van der Waals surface area contributed by atoms with Crippen LogP contribution < -0.4 is 4.74 Å². The number of halogens is 3. The second kappa shape index (κ2) is 5.76. The van der Waals surface area contributed by atoms with Crippen molar-refractivity contribution >= 4 is 28.6 Å². The molecule has 0 radical (unpaired) electrons. The lowest BCUT2D eigenvalue weighted by Gasteiger charge is -2.15. The fourth-order valence-corrected chi connectivity index (χ4v) is 2.38. The summed E-state index contributed by atoms with van der Waals surface area (Å²) in [6, 6.07) is 9.57. The van der Waals surface area contributed by atoms with Crippen LogP contribution in [0.4, 0.5) is 8.78 Å². The Bertz CT molecular complexity index is 940. The molecule has 24 heavy (non-hydrogen) atoms. The van der Waals surface area contributed by atoms with Gasteiger partial charge in [-0.3, -0.25) is 0 Å². The Hall–Kier alpha value is -2.67. The number of imidazole rings is 1. The number of fused-ring (bicyclic) bond motifs is 1. The zero-order valence-corrected chi connectivity index (χ0v) is 13.1. The summed E-state index contributed by atoms with van der Waals surface area (Å²) in [5.41, 5.74) is 2.45. The van der Waals surface area contributed by atoms with Gasteiger partial charge in [0.05, 0.1) is 11.0 Å². The molecule has 0 bridgehead atoms. The number of aromatic nitrogens is 2. The van der Waals surface area contributed by atoms with E-state index < -0.39 is 12.1 Å². The van der Waals surface area contributed by atoms with Gasteiger partial charge < -0.3 is 14.8 Å². The van der Waals surface area contributed by atoms with Crippen molar-refractivity contribution < 1.29 is 23.4 Å². The lowest BCUT2D eigenvalue weighted by atomic mass is 10.1. The number of carboxylic acids is 1. The van der Waals surface area contributed by atoms with Crippen LogP contribution in [0.1, 0.15) is 5.56 Å². The molecule has 2 aromatic carbocycles. The molecule has 1 heterocycles. The molecule has 0 aliphatic rings. The van der Waals surface area contributed by atoms with Gasteiger partial charge >= 0.3 is 12.1 Å². The van der Waals surface area contributed by atoms with E-state index in [0.29, 0.717) is 27.5 Å². The number of ether oxygens (including phenoxy) is 1. The Kier molecular flexibility index (Phi) is 3.88. The minimum atomic E-state index is -4.29. The topological polar surface area (TPSA) is 75.2 Å². The van der Waals surface area contributed by atoms with E-state index in [1.54, 1.807) is 24.3 Å². The molecule has 124 valence electrons. The molecule has 5 nitrogen and oxygen atoms in total. The first-order chi connectivity index (χ1) is 11.3. The molecule has 0 atom stereocenters. The van der Waals surface area contributed by atoms with E-state index in [1.807, 2.05) is 0 Å². The third-order valence-corrected chi connectivity index (χ3v) is 3.61. The van der Waals surface area contributed by atoms with E-state index in [-0.39, 0.29) is 5.75 Å². The number of nitrogens with one attached hydrogen (secondary N) is 1. The van der Waals surface area contributed by atoms with Crippen molar-refractivity contribution in [2.75, 3.05) is 0 Å². The van der Waals surface area contributed by atoms with E-state index in [4.69, 9.17) is 16.7 Å². The molecule has 3 aromatic rings. The van der Waals surface area contributed by atoms with Crippen LogP contribution >= 0.6 is 11.6 Å². The monoisotopic (exact) mass is 352 g/mol. The highest BCUT2D eigenvalue weighted by Gasteiger charge is 2.42. The van der Waals surface area contributed by atoms with Gasteiger partial charge in [0, 0.05) is 10.6 Å². The van der Waals surface area contributed by atoms with Crippen molar-refractivity contribution in [3.63, 3.8) is 0 Å². The molecule has 0 saturated carbocycles. The maximum atomic E-state index is 13.2. The van der Waals surface area contributed by atoms with Gasteiger partial charge in [-0.2, -0.15) is 8.78 Å². The quantitative estimate of drug-likeness (QED) is 0.736. The smallest absolute Gasteiger partial charge is 0.474 e. The number of nitrogens with zero attached hydrogens (tertiary/aromatic N) is 1. The number of benzene rings is 2. The minimum absolute atomic E-state index is 0.217. The molecule has 0 aliphatic carbocycles. The average Bonchev–Trinajstić information content (AvgIpc) is 2.92. The van der Waals surface area contributed by atoms with Gasteiger partial charge in [0.2, 0.25) is 0 Å². The number of carboxylic acid groups (broad SMARTS) is 1. The van der Waals surface area contributed by atoms with Gasteiger partial charge in [0.25, 0.3) is 0 Å². The number of aromatic amines is 1. The van der Waals surface area contributed by atoms with E-state index in [9.17, 15) is 13.6 Å². The maximum absolute atomic E-state index is 13.2. The summed E-state index contributed by atoms with van der Waals surface area (Å²) in [5.74, 6) is -2.03. The highest BCUT2D eigenvalue weighted by atomic mass is 35.5. The molecule has 1 aromatic heterocycles. The number of hydrogen-bond donors (Lipinski definition) is 2. The molecular formula is C16H11ClF2N2O3. The first-order valence-electron chi connectivity index (χ1n) is 6.83. The molecule has 0 saturated heterocycles. The molecule has 0 spiro atoms. The fraction of sp³-hybridized carbons (Fsp3) is 0.125. The Morgan fingerprint density at radius 1 is 1.29 bits per heavy atom. The zero-order chi connectivity index (χ0) is 17.5. The van der Waals surface area contributed by atoms with E-state index in [1.165, 1.54) is 19.1 Å². The molecule has 3 rings (SSSR count). The highest BCUT2D eigenvalue weighted by molar-refractivity contribution is 6.31. The van der Waals surface area contributed by atoms with Gasteiger partial charge in [-0.05, 0) is 48.9 Å². The standard InChI is InChI=1S/C16H11ClF2N2O3/c1-8-6-9(2-5-13(8)24-16(18,19)15(22)23)14-20-11-4-3-10(17)7-12(11)21-14/h2-7H,1H3,(H,20,21)(H,22,23). The predicted octanol–water partition coefficient (Wildman–Crippen LogP) is 4.25. The van der Waals surface area contributed by atoms with Crippen LogP contribution in [0.3, 0.4) is 0 Å². The van der Waals surface area contributed by atoms with E-state index in [2.05, 4.69) is 14.7 Å². The van der Waals surface area contributed by atoms with Crippen LogP contribution in [0.15, 0.2) is 36.4 Å². The molecule has 0 unspecified atom stereocenters. The Morgan fingerprint density at radius 2 is 2.04 bits per heavy atom. The fourth-order valence-electron chi connectivity index (χ4n) is 2.21. The van der Waals surface area contributed by atoms with Crippen LogP contribution in [0.2, 0.25) is 5.02 Å². The van der Waals surface area contributed by atoms with Crippen molar-refractivity contribution in [1.29, 1.82) is 0 Å². The molecule has 0 fully saturated rings. The van der Waals surface area contributed by atoms with Crippen molar-refractivity contribution in [1.82, 2.24) is 9.97 Å². The van der Waals surface area contributed by atoms with Crippen molar-refractivity contribution in [2.24, 2.45) is 0 Å². The summed E-state index contributed by atoms with van der Waals surface area (Å²) < 4.78 is 30.6. The van der Waals surface area contributed by atoms with Gasteiger partial charge in [0.1, 0.15) is 11.6 Å². The summed E-state index contributed by atoms with van der Waals surface area (Å²) in [6.45, 7) is 1.54. The van der Waals surface area contributed by atoms with Crippen molar-refractivity contribution in [3.05, 3.63) is 47.0 Å². The average molecular weight is 353 g/mol. The number of rotatable bonds is 4. The molecule has 0 aliphatic heterocycles. The van der Waals surface area contributed by atoms with E-state index in [0.717, 1.165) is 5.52 Å². The number of H-pyrrole nitrogens is 1. The third-order valence-electron chi connectivity index (χ3n) is 3.38. The van der Waals surface area contributed by atoms with Gasteiger partial charge in [0.15, 0.2) is 0 Å². The molecule has 8 heteroatoms. The largest absolute Gasteiger partial charge is 0.501 e. The predicted molar refractivity (Wildman–Crippen MR) is 84.5 cm³/mol. The number of hydrogen-bond acceptors (Lipinski definition) is 3. The first-order valence-corrected chi connectivity index (χ1v) is 7.20. The number of alkyl halides is 2. The van der Waals surface area contributed by atoms with Crippen molar-refractivity contribution in [2.45, 2.75) is 13.0 Å². The molecule has 0 amide bonds. The van der Waals surface area contributed by atoms with Crippen LogP contribution in [0.25, 0.3) is 22.4 Å². The first kappa shape index (κ1) is 16.2. The van der Waals surface area contributed by atoms with Gasteiger partial charge in [-0.15, -0.1) is 0 Å². The lowest BCUT2D eigenvalue weighted by Crippen LogP contribution is -2.35. The van der Waals surface area contributed by atoms with Crippen molar-refractivity contribution in [3.8, 4) is 17.1 Å². The Balaban J connectivity index is 1.95. The summed E-state index contributed by atoms with van der Waals surface area (Å²) >= 11 is 5.92. The third kappa shape index (κ3) is 3.03. The van der Waals surface area contributed by atoms with Crippen LogP contribution in [0.5, 0.6) is 5.75 Å². The molecule has 2 N–H and O–H groups in total. The van der Waals surface area contributed by atoms with Gasteiger partial charge in [-0.25, -0.2) is 9.78 Å². The maximum Gasteiger partial charge on any atom is 0.501 e. The minimum Gasteiger partial charge on any atom is -0.474 e. The van der Waals surface area contributed by atoms with Crippen LogP contribution in [0, 0.1) is 6.92 Å². The van der Waals surface area contributed by atoms with Crippen LogP contribution in [-0.4, -0.2) is 27.2 Å². The lowest BCUT2D eigenvalue weighted by molar-refractivity contribution is -0.211. The summed E-state index contributed by atoms with van der Waals surface area (Å²) in [5, 5.41) is 8.99. The second-order valence-electron chi connectivity index (χ2n) is 5.15. The Morgan fingerprint density at radius 3 is 2.71 bits per heavy atom. The second-order valence-corrected chi connectivity index (χ2v) is 5.59.